The number of hydrogen-bond acceptors (Lipinski definition) is 5. The van der Waals surface area contributed by atoms with Crippen molar-refractivity contribution < 1.29 is 18.8 Å². The zero-order chi connectivity index (χ0) is 11.8. The SMILES string of the molecule is COC(=O)CO/N=C/C(C)=C/c1ccco1. The van der Waals surface area contributed by atoms with Gasteiger partial charge in [-0.1, -0.05) is 5.16 Å². The summed E-state index contributed by atoms with van der Waals surface area (Å²) in [6, 6.07) is 3.62. The molecule has 0 radical (unpaired) electrons. The Hall–Kier alpha value is -2.04. The molecule has 0 atom stereocenters. The summed E-state index contributed by atoms with van der Waals surface area (Å²) in [4.78, 5) is 15.4. The molecule has 0 saturated heterocycles. The van der Waals surface area contributed by atoms with E-state index < -0.39 is 5.97 Å². The van der Waals surface area contributed by atoms with Crippen molar-refractivity contribution in [1.29, 1.82) is 0 Å². The Morgan fingerprint density at radius 1 is 1.62 bits per heavy atom. The minimum Gasteiger partial charge on any atom is -0.466 e. The third-order valence-electron chi connectivity index (χ3n) is 1.65. The Balaban J connectivity index is 2.36. The molecule has 1 heterocycles. The molecule has 1 rings (SSSR count). The van der Waals surface area contributed by atoms with Gasteiger partial charge in [0, 0.05) is 0 Å². The van der Waals surface area contributed by atoms with Gasteiger partial charge in [0.15, 0.2) is 0 Å². The molecule has 0 aliphatic rings. The lowest BCUT2D eigenvalue weighted by Crippen LogP contribution is -2.07. The molecule has 0 aromatic carbocycles. The van der Waals surface area contributed by atoms with Crippen LogP contribution in [0.4, 0.5) is 0 Å². The summed E-state index contributed by atoms with van der Waals surface area (Å²) >= 11 is 0. The summed E-state index contributed by atoms with van der Waals surface area (Å²) < 4.78 is 9.49. The van der Waals surface area contributed by atoms with Gasteiger partial charge in [-0.25, -0.2) is 4.79 Å². The summed E-state index contributed by atoms with van der Waals surface area (Å²) in [6.45, 7) is 1.65. The van der Waals surface area contributed by atoms with Crippen LogP contribution in [0, 0.1) is 0 Å². The first-order chi connectivity index (χ1) is 7.72. The van der Waals surface area contributed by atoms with Crippen LogP contribution in [0.15, 0.2) is 33.5 Å². The number of rotatable bonds is 5. The number of nitrogens with zero attached hydrogens (tertiary/aromatic N) is 1. The van der Waals surface area contributed by atoms with Gasteiger partial charge in [0.25, 0.3) is 0 Å². The average Bonchev–Trinajstić information content (AvgIpc) is 2.76. The van der Waals surface area contributed by atoms with E-state index in [1.165, 1.54) is 13.3 Å². The van der Waals surface area contributed by atoms with Gasteiger partial charge >= 0.3 is 5.97 Å². The first kappa shape index (κ1) is 12.0. The van der Waals surface area contributed by atoms with Crippen molar-refractivity contribution in [3.8, 4) is 0 Å². The van der Waals surface area contributed by atoms with Crippen molar-refractivity contribution in [3.05, 3.63) is 29.7 Å². The van der Waals surface area contributed by atoms with Crippen molar-refractivity contribution in [3.63, 3.8) is 0 Å². The maximum Gasteiger partial charge on any atom is 0.346 e. The maximum atomic E-state index is 10.7. The average molecular weight is 223 g/mol. The van der Waals surface area contributed by atoms with Gasteiger partial charge in [-0.2, -0.15) is 0 Å². The molecule has 0 unspecified atom stereocenters. The van der Waals surface area contributed by atoms with Crippen LogP contribution in [0.3, 0.4) is 0 Å². The lowest BCUT2D eigenvalue weighted by molar-refractivity contribution is -0.145. The number of carbonyl (C=O) groups is 1. The number of ether oxygens (including phenoxy) is 1. The van der Waals surface area contributed by atoms with Gasteiger partial charge in [-0.3, -0.25) is 0 Å². The standard InChI is InChI=1S/C11H13NO4/c1-9(6-10-4-3-5-15-10)7-12-16-8-11(13)14-2/h3-7H,8H2,1-2H3/b9-6+,12-7+. The summed E-state index contributed by atoms with van der Waals surface area (Å²) in [5, 5.41) is 3.60. The number of furan rings is 1. The van der Waals surface area contributed by atoms with Crippen LogP contribution in [0.5, 0.6) is 0 Å². The van der Waals surface area contributed by atoms with Crippen LogP contribution in [0.25, 0.3) is 6.08 Å². The van der Waals surface area contributed by atoms with Crippen molar-refractivity contribution >= 4 is 18.3 Å². The topological polar surface area (TPSA) is 61.0 Å². The van der Waals surface area contributed by atoms with E-state index in [9.17, 15) is 4.79 Å². The lowest BCUT2D eigenvalue weighted by Gasteiger charge is -1.96. The Bertz CT molecular complexity index is 379. The number of allylic oxidation sites excluding steroid dienone is 1. The fourth-order valence-electron chi connectivity index (χ4n) is 0.904. The number of hydrogen-bond donors (Lipinski definition) is 0. The van der Waals surface area contributed by atoms with Crippen LogP contribution in [0.1, 0.15) is 12.7 Å². The maximum absolute atomic E-state index is 10.7. The van der Waals surface area contributed by atoms with Crippen LogP contribution >= 0.6 is 0 Å². The smallest absolute Gasteiger partial charge is 0.346 e. The number of esters is 1. The molecule has 5 heteroatoms. The van der Waals surface area contributed by atoms with E-state index in [4.69, 9.17) is 9.25 Å². The molecule has 0 aliphatic heterocycles. The number of carbonyl (C=O) groups excluding carboxylic acids is 1. The highest BCUT2D eigenvalue weighted by molar-refractivity contribution is 5.83. The summed E-state index contributed by atoms with van der Waals surface area (Å²) in [6.07, 6.45) is 4.88. The summed E-state index contributed by atoms with van der Waals surface area (Å²) in [5.74, 6) is 0.265. The van der Waals surface area contributed by atoms with Crippen molar-refractivity contribution in [2.75, 3.05) is 13.7 Å². The van der Waals surface area contributed by atoms with Gasteiger partial charge in [-0.05, 0) is 30.7 Å². The second kappa shape index (κ2) is 6.44. The van der Waals surface area contributed by atoms with E-state index in [1.807, 2.05) is 13.0 Å². The second-order valence-electron chi connectivity index (χ2n) is 2.99. The minimum atomic E-state index is -0.468. The Morgan fingerprint density at radius 2 is 2.44 bits per heavy atom. The van der Waals surface area contributed by atoms with Crippen molar-refractivity contribution in [2.45, 2.75) is 6.92 Å². The molecule has 0 spiro atoms. The number of methoxy groups -OCH3 is 1. The molecular formula is C11H13NO4. The Labute approximate surface area is 93.3 Å². The molecule has 0 amide bonds. The van der Waals surface area contributed by atoms with Crippen molar-refractivity contribution in [1.82, 2.24) is 0 Å². The monoisotopic (exact) mass is 223 g/mol. The Morgan fingerprint density at radius 3 is 3.06 bits per heavy atom. The van der Waals surface area contributed by atoms with E-state index in [1.54, 1.807) is 18.4 Å². The highest BCUT2D eigenvalue weighted by Crippen LogP contribution is 2.05. The van der Waals surface area contributed by atoms with E-state index in [2.05, 4.69) is 9.89 Å². The van der Waals surface area contributed by atoms with E-state index in [-0.39, 0.29) is 6.61 Å². The Kier molecular flexibility index (Phi) is 4.85. The summed E-state index contributed by atoms with van der Waals surface area (Å²) in [7, 11) is 1.29. The number of oxime groups is 1. The molecule has 5 nitrogen and oxygen atoms in total. The van der Waals surface area contributed by atoms with E-state index in [0.29, 0.717) is 0 Å². The largest absolute Gasteiger partial charge is 0.466 e. The molecular weight excluding hydrogens is 210 g/mol. The van der Waals surface area contributed by atoms with Crippen LogP contribution in [0.2, 0.25) is 0 Å². The van der Waals surface area contributed by atoms with Crippen LogP contribution in [-0.4, -0.2) is 25.9 Å². The molecule has 0 bridgehead atoms. The predicted octanol–water partition coefficient (Wildman–Crippen LogP) is 1.86. The summed E-state index contributed by atoms with van der Waals surface area (Å²) in [5.41, 5.74) is 0.847. The quantitative estimate of drug-likeness (QED) is 0.434. The highest BCUT2D eigenvalue weighted by Gasteiger charge is 1.97. The molecule has 1 aromatic rings. The highest BCUT2D eigenvalue weighted by atomic mass is 16.6. The molecule has 0 aliphatic carbocycles. The zero-order valence-corrected chi connectivity index (χ0v) is 9.17. The predicted molar refractivity (Wildman–Crippen MR) is 58.8 cm³/mol. The molecule has 16 heavy (non-hydrogen) atoms. The fourth-order valence-corrected chi connectivity index (χ4v) is 0.904. The molecule has 1 aromatic heterocycles. The van der Waals surface area contributed by atoms with Crippen molar-refractivity contribution in [2.24, 2.45) is 5.16 Å². The van der Waals surface area contributed by atoms with Gasteiger partial charge in [0.05, 0.1) is 19.6 Å². The van der Waals surface area contributed by atoms with E-state index in [0.717, 1.165) is 11.3 Å². The molecule has 0 saturated carbocycles. The fraction of sp³-hybridized carbons (Fsp3) is 0.273. The molecule has 86 valence electrons. The van der Waals surface area contributed by atoms with Gasteiger partial charge < -0.3 is 14.0 Å². The van der Waals surface area contributed by atoms with Gasteiger partial charge in [0.1, 0.15) is 5.76 Å². The normalized spacial score (nSPS) is 11.8. The van der Waals surface area contributed by atoms with Crippen LogP contribution in [-0.2, 0) is 14.4 Å². The molecule has 0 N–H and O–H groups in total. The first-order valence-electron chi connectivity index (χ1n) is 4.66. The minimum absolute atomic E-state index is 0.193. The van der Waals surface area contributed by atoms with E-state index >= 15 is 0 Å². The second-order valence-corrected chi connectivity index (χ2v) is 2.99. The first-order valence-corrected chi connectivity index (χ1v) is 4.66. The van der Waals surface area contributed by atoms with Gasteiger partial charge in [0.2, 0.25) is 6.61 Å². The zero-order valence-electron chi connectivity index (χ0n) is 9.17. The third-order valence-corrected chi connectivity index (χ3v) is 1.65. The third kappa shape index (κ3) is 4.45. The molecule has 0 fully saturated rings. The van der Waals surface area contributed by atoms with Crippen LogP contribution < -0.4 is 0 Å². The van der Waals surface area contributed by atoms with Gasteiger partial charge in [-0.15, -0.1) is 0 Å². The lowest BCUT2D eigenvalue weighted by atomic mass is 10.3.